The molecule has 8 heteroatoms. The van der Waals surface area contributed by atoms with E-state index < -0.39 is 0 Å². The Balaban J connectivity index is 4.12. The monoisotopic (exact) mass is 377 g/mol. The zero-order chi connectivity index (χ0) is 18.9. The Bertz CT molecular complexity index is 369. The molecule has 25 heavy (non-hydrogen) atoms. The van der Waals surface area contributed by atoms with Gasteiger partial charge in [-0.3, -0.25) is 14.4 Å². The van der Waals surface area contributed by atoms with E-state index in [-0.39, 0.29) is 17.9 Å². The summed E-state index contributed by atoms with van der Waals surface area (Å²) in [7, 11) is 0. The number of hydrogen-bond acceptors (Lipinski definition) is 8. The molecule has 0 aromatic rings. The van der Waals surface area contributed by atoms with Crippen molar-refractivity contribution >= 4 is 29.7 Å². The number of hydrogen-bond donors (Lipinski definition) is 0. The third-order valence-electron chi connectivity index (χ3n) is 3.18. The van der Waals surface area contributed by atoms with Crippen molar-refractivity contribution in [2.24, 2.45) is 0 Å². The van der Waals surface area contributed by atoms with E-state index in [1.807, 2.05) is 4.90 Å². The summed E-state index contributed by atoms with van der Waals surface area (Å²) in [4.78, 5) is 36.3. The standard InChI is InChI=1S/C17H31NO6S/c1-4-22-15(19)7-10-18(11-8-16(20)23-5-2)12-14-25-13-9-17(21)24-6-3/h4-14H2,1-3H3. The minimum atomic E-state index is -0.237. The summed E-state index contributed by atoms with van der Waals surface area (Å²) in [5, 5.41) is 0. The minimum absolute atomic E-state index is 0.184. The van der Waals surface area contributed by atoms with Gasteiger partial charge in [0.25, 0.3) is 0 Å². The van der Waals surface area contributed by atoms with Crippen molar-refractivity contribution in [2.45, 2.75) is 40.0 Å². The summed E-state index contributed by atoms with van der Waals surface area (Å²) in [6.45, 7) is 8.28. The lowest BCUT2D eigenvalue weighted by Crippen LogP contribution is -2.31. The second-order valence-corrected chi connectivity index (χ2v) is 6.34. The van der Waals surface area contributed by atoms with Gasteiger partial charge in [0.2, 0.25) is 0 Å². The lowest BCUT2D eigenvalue weighted by molar-refractivity contribution is -0.144. The fourth-order valence-corrected chi connectivity index (χ4v) is 2.89. The molecule has 0 unspecified atom stereocenters. The average Bonchev–Trinajstić information content (AvgIpc) is 2.57. The Hall–Kier alpha value is -1.28. The van der Waals surface area contributed by atoms with Crippen LogP contribution >= 0.6 is 11.8 Å². The zero-order valence-corrected chi connectivity index (χ0v) is 16.4. The Labute approximate surface area is 154 Å². The van der Waals surface area contributed by atoms with Crippen LogP contribution in [0.15, 0.2) is 0 Å². The second kappa shape index (κ2) is 16.2. The molecule has 0 heterocycles. The minimum Gasteiger partial charge on any atom is -0.466 e. The summed E-state index contributed by atoms with van der Waals surface area (Å²) in [6.07, 6.45) is 0.985. The van der Waals surface area contributed by atoms with Crippen LogP contribution in [-0.4, -0.2) is 73.8 Å². The smallest absolute Gasteiger partial charge is 0.307 e. The van der Waals surface area contributed by atoms with Crippen LogP contribution in [0.5, 0.6) is 0 Å². The lowest BCUT2D eigenvalue weighted by Gasteiger charge is -2.21. The van der Waals surface area contributed by atoms with Gasteiger partial charge < -0.3 is 19.1 Å². The SMILES string of the molecule is CCOC(=O)CCSCCN(CCC(=O)OCC)CCC(=O)OCC. The predicted molar refractivity (Wildman–Crippen MR) is 97.5 cm³/mol. The molecular weight excluding hydrogens is 346 g/mol. The molecule has 0 aliphatic carbocycles. The van der Waals surface area contributed by atoms with Gasteiger partial charge in [-0.1, -0.05) is 0 Å². The molecule has 7 nitrogen and oxygen atoms in total. The van der Waals surface area contributed by atoms with Crippen molar-refractivity contribution in [3.63, 3.8) is 0 Å². The number of carbonyl (C=O) groups excluding carboxylic acids is 3. The largest absolute Gasteiger partial charge is 0.466 e. The van der Waals surface area contributed by atoms with E-state index >= 15 is 0 Å². The molecule has 0 spiro atoms. The maximum Gasteiger partial charge on any atom is 0.307 e. The number of nitrogens with zero attached hydrogens (tertiary/aromatic N) is 1. The molecule has 0 amide bonds. The Kier molecular flexibility index (Phi) is 15.4. The van der Waals surface area contributed by atoms with Crippen LogP contribution in [0, 0.1) is 0 Å². The van der Waals surface area contributed by atoms with Gasteiger partial charge in [0.05, 0.1) is 39.1 Å². The molecule has 0 bridgehead atoms. The summed E-state index contributed by atoms with van der Waals surface area (Å²) in [6, 6.07) is 0. The predicted octanol–water partition coefficient (Wildman–Crippen LogP) is 1.88. The van der Waals surface area contributed by atoms with Gasteiger partial charge in [0, 0.05) is 31.1 Å². The lowest BCUT2D eigenvalue weighted by atomic mass is 10.3. The van der Waals surface area contributed by atoms with E-state index in [9.17, 15) is 14.4 Å². The Morgan fingerprint density at radius 2 is 1.12 bits per heavy atom. The van der Waals surface area contributed by atoms with Crippen molar-refractivity contribution in [1.29, 1.82) is 0 Å². The number of thioether (sulfide) groups is 1. The molecule has 0 radical (unpaired) electrons. The van der Waals surface area contributed by atoms with Gasteiger partial charge in [-0.05, 0) is 20.8 Å². The van der Waals surface area contributed by atoms with Gasteiger partial charge in [-0.15, -0.1) is 0 Å². The van der Waals surface area contributed by atoms with Gasteiger partial charge in [-0.2, -0.15) is 11.8 Å². The first-order chi connectivity index (χ1) is 12.0. The quantitative estimate of drug-likeness (QED) is 0.243. The summed E-state index contributed by atoms with van der Waals surface area (Å²) >= 11 is 1.65. The van der Waals surface area contributed by atoms with Crippen LogP contribution < -0.4 is 0 Å². The van der Waals surface area contributed by atoms with E-state index in [4.69, 9.17) is 14.2 Å². The molecule has 0 N–H and O–H groups in total. The fourth-order valence-electron chi connectivity index (χ4n) is 1.98. The Morgan fingerprint density at radius 3 is 1.56 bits per heavy atom. The van der Waals surface area contributed by atoms with Crippen LogP contribution in [0.3, 0.4) is 0 Å². The van der Waals surface area contributed by atoms with Crippen LogP contribution in [0.2, 0.25) is 0 Å². The molecule has 0 aliphatic rings. The number of carbonyl (C=O) groups is 3. The molecule has 146 valence electrons. The van der Waals surface area contributed by atoms with E-state index in [1.165, 1.54) is 0 Å². The highest BCUT2D eigenvalue weighted by atomic mass is 32.2. The first-order valence-electron chi connectivity index (χ1n) is 8.80. The first kappa shape index (κ1) is 23.7. The summed E-state index contributed by atoms with van der Waals surface area (Å²) < 4.78 is 14.7. The van der Waals surface area contributed by atoms with Crippen molar-refractivity contribution in [3.05, 3.63) is 0 Å². The highest BCUT2D eigenvalue weighted by Gasteiger charge is 2.12. The molecule has 0 aromatic heterocycles. The fraction of sp³-hybridized carbons (Fsp3) is 0.824. The van der Waals surface area contributed by atoms with Gasteiger partial charge in [-0.25, -0.2) is 0 Å². The average molecular weight is 378 g/mol. The highest BCUT2D eigenvalue weighted by molar-refractivity contribution is 7.99. The van der Waals surface area contributed by atoms with E-state index in [1.54, 1.807) is 32.5 Å². The summed E-state index contributed by atoms with van der Waals surface area (Å²) in [5.74, 6) is 0.849. The molecule has 0 saturated carbocycles. The van der Waals surface area contributed by atoms with Crippen LogP contribution in [0.4, 0.5) is 0 Å². The van der Waals surface area contributed by atoms with E-state index in [0.717, 1.165) is 12.3 Å². The first-order valence-corrected chi connectivity index (χ1v) is 9.95. The molecular formula is C17H31NO6S. The normalized spacial score (nSPS) is 10.6. The second-order valence-electron chi connectivity index (χ2n) is 5.12. The maximum absolute atomic E-state index is 11.5. The van der Waals surface area contributed by atoms with Crippen molar-refractivity contribution in [2.75, 3.05) is 51.0 Å². The Morgan fingerprint density at radius 1 is 0.680 bits per heavy atom. The van der Waals surface area contributed by atoms with E-state index in [2.05, 4.69) is 0 Å². The maximum atomic E-state index is 11.5. The third-order valence-corrected chi connectivity index (χ3v) is 4.15. The third kappa shape index (κ3) is 14.7. The summed E-state index contributed by atoms with van der Waals surface area (Å²) in [5.41, 5.74) is 0. The van der Waals surface area contributed by atoms with Crippen molar-refractivity contribution in [1.82, 2.24) is 4.90 Å². The number of rotatable bonds is 15. The van der Waals surface area contributed by atoms with E-state index in [0.29, 0.717) is 57.9 Å². The molecule has 0 fully saturated rings. The molecule has 0 aromatic carbocycles. The van der Waals surface area contributed by atoms with Crippen LogP contribution in [0.25, 0.3) is 0 Å². The molecule has 0 rings (SSSR count). The molecule has 0 aliphatic heterocycles. The van der Waals surface area contributed by atoms with Gasteiger partial charge in [0.15, 0.2) is 0 Å². The molecule has 0 atom stereocenters. The number of esters is 3. The van der Waals surface area contributed by atoms with Crippen LogP contribution in [0.1, 0.15) is 40.0 Å². The van der Waals surface area contributed by atoms with Gasteiger partial charge in [0.1, 0.15) is 0 Å². The van der Waals surface area contributed by atoms with Crippen molar-refractivity contribution < 1.29 is 28.6 Å². The highest BCUT2D eigenvalue weighted by Crippen LogP contribution is 2.06. The van der Waals surface area contributed by atoms with Crippen LogP contribution in [-0.2, 0) is 28.6 Å². The van der Waals surface area contributed by atoms with Gasteiger partial charge >= 0.3 is 17.9 Å². The molecule has 0 saturated heterocycles. The number of ether oxygens (including phenoxy) is 3. The topological polar surface area (TPSA) is 82.1 Å². The zero-order valence-electron chi connectivity index (χ0n) is 15.6. The van der Waals surface area contributed by atoms with Crippen molar-refractivity contribution in [3.8, 4) is 0 Å².